The molecule has 2 nitrogen and oxygen atoms in total. The van der Waals surface area contributed by atoms with E-state index in [-0.39, 0.29) is 0 Å². The van der Waals surface area contributed by atoms with Gasteiger partial charge in [-0.05, 0) is 54.4 Å². The Morgan fingerprint density at radius 2 is 1.85 bits per heavy atom. The Bertz CT molecular complexity index is 331. The van der Waals surface area contributed by atoms with Gasteiger partial charge in [-0.25, -0.2) is 0 Å². The number of ether oxygens (including phenoxy) is 1. The Hall–Kier alpha value is -0.0800. The van der Waals surface area contributed by atoms with E-state index in [1.165, 1.54) is 25.7 Å². The van der Waals surface area contributed by atoms with Crippen LogP contribution in [0.2, 0.25) is 0 Å². The van der Waals surface area contributed by atoms with E-state index in [0.717, 1.165) is 25.6 Å². The van der Waals surface area contributed by atoms with Crippen LogP contribution in [0.3, 0.4) is 0 Å². The first-order valence-electron chi connectivity index (χ1n) is 8.49. The number of nitrogens with one attached hydrogen (secondary N) is 1. The van der Waals surface area contributed by atoms with Crippen LogP contribution in [-0.4, -0.2) is 25.8 Å². The molecule has 0 spiro atoms. The second-order valence-corrected chi connectivity index (χ2v) is 9.03. The van der Waals surface area contributed by atoms with Crippen LogP contribution in [0, 0.1) is 22.2 Å². The van der Waals surface area contributed by atoms with Gasteiger partial charge in [0.2, 0.25) is 0 Å². The van der Waals surface area contributed by atoms with Gasteiger partial charge in [0.15, 0.2) is 0 Å². The molecular weight excluding hydrogens is 246 g/mol. The molecule has 0 aromatic heterocycles. The maximum atomic E-state index is 6.25. The van der Waals surface area contributed by atoms with Gasteiger partial charge in [0.1, 0.15) is 0 Å². The fourth-order valence-corrected chi connectivity index (χ4v) is 4.24. The first-order valence-corrected chi connectivity index (χ1v) is 8.49. The van der Waals surface area contributed by atoms with Gasteiger partial charge in [-0.15, -0.1) is 0 Å². The normalized spacial score (nSPS) is 35.7. The molecular formula is C18H35NO. The summed E-state index contributed by atoms with van der Waals surface area (Å²) in [5.74, 6) is 0.881. The fraction of sp³-hybridized carbons (Fsp3) is 1.00. The van der Waals surface area contributed by atoms with Crippen molar-refractivity contribution in [2.24, 2.45) is 22.2 Å². The van der Waals surface area contributed by atoms with Gasteiger partial charge >= 0.3 is 0 Å². The quantitative estimate of drug-likeness (QED) is 0.735. The summed E-state index contributed by atoms with van der Waals surface area (Å²) in [4.78, 5) is 0. The van der Waals surface area contributed by atoms with Crippen LogP contribution in [0.25, 0.3) is 0 Å². The van der Waals surface area contributed by atoms with E-state index in [9.17, 15) is 0 Å². The van der Waals surface area contributed by atoms with Gasteiger partial charge in [-0.3, -0.25) is 0 Å². The highest BCUT2D eigenvalue weighted by Crippen LogP contribution is 2.66. The van der Waals surface area contributed by atoms with Crippen molar-refractivity contribution in [1.82, 2.24) is 5.32 Å². The molecule has 2 fully saturated rings. The summed E-state index contributed by atoms with van der Waals surface area (Å²) in [5.41, 5.74) is 1.30. The maximum Gasteiger partial charge on any atom is 0.0637 e. The Labute approximate surface area is 126 Å². The van der Waals surface area contributed by atoms with Crippen LogP contribution in [-0.2, 0) is 4.74 Å². The predicted octanol–water partition coefficient (Wildman–Crippen LogP) is 4.24. The zero-order valence-electron chi connectivity index (χ0n) is 14.5. The second-order valence-electron chi connectivity index (χ2n) is 9.03. The van der Waals surface area contributed by atoms with Gasteiger partial charge < -0.3 is 10.1 Å². The van der Waals surface area contributed by atoms with Crippen molar-refractivity contribution in [1.29, 1.82) is 0 Å². The van der Waals surface area contributed by atoms with Crippen molar-refractivity contribution in [3.63, 3.8) is 0 Å². The Kier molecular flexibility index (Phi) is 4.57. The highest BCUT2D eigenvalue weighted by atomic mass is 16.5. The smallest absolute Gasteiger partial charge is 0.0637 e. The van der Waals surface area contributed by atoms with Crippen molar-refractivity contribution in [2.45, 2.75) is 73.3 Å². The van der Waals surface area contributed by atoms with E-state index >= 15 is 0 Å². The molecule has 0 aliphatic heterocycles. The SMILES string of the molecule is CC(C)(C)CCNCCOC1CC2CCC1(C)C2(C)C. The number of hydrogen-bond acceptors (Lipinski definition) is 2. The summed E-state index contributed by atoms with van der Waals surface area (Å²) in [5, 5.41) is 3.52. The van der Waals surface area contributed by atoms with Gasteiger partial charge in [-0.2, -0.15) is 0 Å². The average Bonchev–Trinajstić information content (AvgIpc) is 2.65. The van der Waals surface area contributed by atoms with Gasteiger partial charge in [0.05, 0.1) is 12.7 Å². The molecule has 118 valence electrons. The molecule has 2 aliphatic rings. The summed E-state index contributed by atoms with van der Waals surface area (Å²) in [6.45, 7) is 17.2. The predicted molar refractivity (Wildman–Crippen MR) is 85.9 cm³/mol. The first kappa shape index (κ1) is 16.3. The van der Waals surface area contributed by atoms with Crippen molar-refractivity contribution >= 4 is 0 Å². The molecule has 0 heterocycles. The third kappa shape index (κ3) is 3.06. The van der Waals surface area contributed by atoms with Crippen molar-refractivity contribution in [3.8, 4) is 0 Å². The van der Waals surface area contributed by atoms with Crippen LogP contribution in [0.15, 0.2) is 0 Å². The molecule has 2 heteroatoms. The molecule has 2 rings (SSSR count). The van der Waals surface area contributed by atoms with E-state index in [0.29, 0.717) is 22.3 Å². The Balaban J connectivity index is 1.67. The molecule has 3 unspecified atom stereocenters. The molecule has 0 aromatic rings. The lowest BCUT2D eigenvalue weighted by Gasteiger charge is -2.39. The van der Waals surface area contributed by atoms with Gasteiger partial charge in [-0.1, -0.05) is 41.5 Å². The molecule has 0 saturated heterocycles. The van der Waals surface area contributed by atoms with Crippen molar-refractivity contribution < 1.29 is 4.74 Å². The third-order valence-corrected chi connectivity index (χ3v) is 6.36. The van der Waals surface area contributed by atoms with Crippen LogP contribution in [0.4, 0.5) is 0 Å². The van der Waals surface area contributed by atoms with Crippen molar-refractivity contribution in [3.05, 3.63) is 0 Å². The molecule has 0 aromatic carbocycles. The van der Waals surface area contributed by atoms with E-state index in [2.05, 4.69) is 46.9 Å². The van der Waals surface area contributed by atoms with E-state index < -0.39 is 0 Å². The third-order valence-electron chi connectivity index (χ3n) is 6.36. The number of hydrogen-bond donors (Lipinski definition) is 1. The lowest BCUT2D eigenvalue weighted by atomic mass is 9.70. The van der Waals surface area contributed by atoms with Crippen molar-refractivity contribution in [2.75, 3.05) is 19.7 Å². The average molecular weight is 281 g/mol. The fourth-order valence-electron chi connectivity index (χ4n) is 4.24. The Morgan fingerprint density at radius 3 is 2.35 bits per heavy atom. The lowest BCUT2D eigenvalue weighted by molar-refractivity contribution is -0.0450. The first-order chi connectivity index (χ1) is 9.17. The van der Waals surface area contributed by atoms with Crippen LogP contribution in [0.5, 0.6) is 0 Å². The molecule has 2 aliphatic carbocycles. The largest absolute Gasteiger partial charge is 0.376 e. The van der Waals surface area contributed by atoms with E-state index in [1.54, 1.807) is 0 Å². The van der Waals surface area contributed by atoms with Crippen LogP contribution >= 0.6 is 0 Å². The molecule has 2 bridgehead atoms. The highest BCUT2D eigenvalue weighted by molar-refractivity contribution is 5.11. The molecule has 1 N–H and O–H groups in total. The standard InChI is InChI=1S/C18H35NO/c1-16(2,3)9-10-19-11-12-20-15-13-14-7-8-18(15,6)17(14,4)5/h14-15,19H,7-13H2,1-6H3. The van der Waals surface area contributed by atoms with Gasteiger partial charge in [0, 0.05) is 6.54 Å². The molecule has 3 atom stereocenters. The van der Waals surface area contributed by atoms with Crippen LogP contribution < -0.4 is 5.32 Å². The summed E-state index contributed by atoms with van der Waals surface area (Å²) in [7, 11) is 0. The molecule has 0 radical (unpaired) electrons. The number of fused-ring (bicyclic) bond motifs is 2. The summed E-state index contributed by atoms with van der Waals surface area (Å²) in [6, 6.07) is 0. The minimum absolute atomic E-state index is 0.406. The monoisotopic (exact) mass is 281 g/mol. The number of rotatable bonds is 6. The summed E-state index contributed by atoms with van der Waals surface area (Å²) >= 11 is 0. The lowest BCUT2D eigenvalue weighted by Crippen LogP contribution is -2.38. The Morgan fingerprint density at radius 1 is 1.15 bits per heavy atom. The summed E-state index contributed by atoms with van der Waals surface area (Å²) < 4.78 is 6.25. The van der Waals surface area contributed by atoms with E-state index in [1.807, 2.05) is 0 Å². The minimum Gasteiger partial charge on any atom is -0.376 e. The molecule has 0 amide bonds. The highest BCUT2D eigenvalue weighted by Gasteiger charge is 2.61. The summed E-state index contributed by atoms with van der Waals surface area (Å²) in [6.07, 6.45) is 5.76. The minimum atomic E-state index is 0.406. The van der Waals surface area contributed by atoms with Gasteiger partial charge in [0.25, 0.3) is 0 Å². The zero-order valence-corrected chi connectivity index (χ0v) is 14.5. The molecule has 20 heavy (non-hydrogen) atoms. The van der Waals surface area contributed by atoms with Crippen LogP contribution in [0.1, 0.15) is 67.2 Å². The topological polar surface area (TPSA) is 21.3 Å². The maximum absolute atomic E-state index is 6.25. The zero-order chi connectivity index (χ0) is 15.0. The van der Waals surface area contributed by atoms with E-state index in [4.69, 9.17) is 4.74 Å². The molecule has 2 saturated carbocycles. The second kappa shape index (κ2) is 5.61.